The van der Waals surface area contributed by atoms with Gasteiger partial charge in [-0.15, -0.1) is 0 Å². The summed E-state index contributed by atoms with van der Waals surface area (Å²) in [5.41, 5.74) is 3.84. The van der Waals surface area contributed by atoms with E-state index >= 15 is 0 Å². The van der Waals surface area contributed by atoms with Gasteiger partial charge in [0.25, 0.3) is 0 Å². The van der Waals surface area contributed by atoms with Crippen LogP contribution in [-0.2, 0) is 13.5 Å². The molecule has 3 heteroatoms. The molecule has 1 N–H and O–H groups in total. The molecule has 3 rings (SSSR count). The summed E-state index contributed by atoms with van der Waals surface area (Å²) < 4.78 is 2.27. The molecule has 1 saturated carbocycles. The topological polar surface area (TPSA) is 29.9 Å². The van der Waals surface area contributed by atoms with Gasteiger partial charge < -0.3 is 9.88 Å². The lowest BCUT2D eigenvalue weighted by Crippen LogP contribution is -2.08. The lowest BCUT2D eigenvalue weighted by Gasteiger charge is -2.02. The van der Waals surface area contributed by atoms with Crippen LogP contribution in [0.15, 0.2) is 18.2 Å². The lowest BCUT2D eigenvalue weighted by molar-refractivity contribution is 0.725. The second-order valence-corrected chi connectivity index (χ2v) is 5.33. The van der Waals surface area contributed by atoms with E-state index in [1.807, 2.05) is 7.05 Å². The largest absolute Gasteiger partial charge is 0.331 e. The van der Waals surface area contributed by atoms with E-state index in [9.17, 15) is 0 Å². The van der Waals surface area contributed by atoms with Crippen LogP contribution in [0.25, 0.3) is 11.0 Å². The number of imidazole rings is 1. The molecule has 2 aromatic rings. The van der Waals surface area contributed by atoms with Gasteiger partial charge in [0.2, 0.25) is 0 Å². The van der Waals surface area contributed by atoms with Gasteiger partial charge in [-0.2, -0.15) is 0 Å². The SMILES string of the molecule is CNCCCc1ccc2c(c1)nc(C1CC1)n2C. The Morgan fingerprint density at radius 3 is 2.94 bits per heavy atom. The standard InChI is InChI=1S/C15H21N3/c1-16-9-3-4-11-5-8-14-13(10-11)17-15(18(14)2)12-6-7-12/h5,8,10,12,16H,3-4,6-7,9H2,1-2H3. The van der Waals surface area contributed by atoms with Gasteiger partial charge in [0.15, 0.2) is 0 Å². The Hall–Kier alpha value is -1.35. The molecule has 18 heavy (non-hydrogen) atoms. The summed E-state index contributed by atoms with van der Waals surface area (Å²) in [6.45, 7) is 1.08. The Morgan fingerprint density at radius 1 is 1.39 bits per heavy atom. The summed E-state index contributed by atoms with van der Waals surface area (Å²) in [5.74, 6) is 1.99. The van der Waals surface area contributed by atoms with Gasteiger partial charge in [0, 0.05) is 13.0 Å². The zero-order chi connectivity index (χ0) is 12.5. The molecule has 0 aliphatic heterocycles. The van der Waals surface area contributed by atoms with Crippen LogP contribution >= 0.6 is 0 Å². The van der Waals surface area contributed by atoms with Crippen molar-refractivity contribution in [2.24, 2.45) is 7.05 Å². The molecule has 1 aliphatic carbocycles. The molecule has 0 spiro atoms. The minimum atomic E-state index is 0.718. The number of rotatable bonds is 5. The summed E-state index contributed by atoms with van der Waals surface area (Å²) in [4.78, 5) is 4.81. The summed E-state index contributed by atoms with van der Waals surface area (Å²) in [7, 11) is 4.15. The zero-order valence-electron chi connectivity index (χ0n) is 11.2. The first kappa shape index (κ1) is 11.7. The van der Waals surface area contributed by atoms with E-state index in [0.29, 0.717) is 0 Å². The van der Waals surface area contributed by atoms with E-state index in [-0.39, 0.29) is 0 Å². The average molecular weight is 243 g/mol. The highest BCUT2D eigenvalue weighted by Crippen LogP contribution is 2.40. The van der Waals surface area contributed by atoms with E-state index < -0.39 is 0 Å². The second-order valence-electron chi connectivity index (χ2n) is 5.33. The van der Waals surface area contributed by atoms with Crippen LogP contribution in [0.2, 0.25) is 0 Å². The van der Waals surface area contributed by atoms with E-state index in [0.717, 1.165) is 18.9 Å². The third-order valence-corrected chi connectivity index (χ3v) is 3.81. The van der Waals surface area contributed by atoms with Crippen molar-refractivity contribution >= 4 is 11.0 Å². The molecule has 1 aromatic heterocycles. The quantitative estimate of drug-likeness (QED) is 0.818. The lowest BCUT2D eigenvalue weighted by atomic mass is 10.1. The molecular formula is C15H21N3. The van der Waals surface area contributed by atoms with Crippen LogP contribution in [0.3, 0.4) is 0 Å². The zero-order valence-corrected chi connectivity index (χ0v) is 11.2. The molecule has 0 bridgehead atoms. The fourth-order valence-corrected chi connectivity index (χ4v) is 2.60. The third-order valence-electron chi connectivity index (χ3n) is 3.81. The fraction of sp³-hybridized carbons (Fsp3) is 0.533. The monoisotopic (exact) mass is 243 g/mol. The highest BCUT2D eigenvalue weighted by Gasteiger charge is 2.28. The summed E-state index contributed by atoms with van der Waals surface area (Å²) in [6, 6.07) is 6.73. The molecule has 0 saturated heterocycles. The van der Waals surface area contributed by atoms with Crippen molar-refractivity contribution in [2.75, 3.05) is 13.6 Å². The Balaban J connectivity index is 1.87. The van der Waals surface area contributed by atoms with Gasteiger partial charge in [-0.3, -0.25) is 0 Å². The van der Waals surface area contributed by atoms with E-state index in [2.05, 4.69) is 35.1 Å². The highest BCUT2D eigenvalue weighted by atomic mass is 15.1. The molecule has 0 radical (unpaired) electrons. The number of nitrogens with zero attached hydrogens (tertiary/aromatic N) is 2. The van der Waals surface area contributed by atoms with Crippen LogP contribution < -0.4 is 5.32 Å². The maximum Gasteiger partial charge on any atom is 0.112 e. The molecule has 0 atom stereocenters. The first-order valence-electron chi connectivity index (χ1n) is 6.89. The fourth-order valence-electron chi connectivity index (χ4n) is 2.60. The second kappa shape index (κ2) is 4.73. The van der Waals surface area contributed by atoms with Crippen molar-refractivity contribution in [3.63, 3.8) is 0 Å². The molecule has 0 unspecified atom stereocenters. The molecule has 1 fully saturated rings. The number of fused-ring (bicyclic) bond motifs is 1. The smallest absolute Gasteiger partial charge is 0.112 e. The Bertz CT molecular complexity index is 552. The van der Waals surface area contributed by atoms with Crippen molar-refractivity contribution in [1.82, 2.24) is 14.9 Å². The van der Waals surface area contributed by atoms with Crippen molar-refractivity contribution in [1.29, 1.82) is 0 Å². The highest BCUT2D eigenvalue weighted by molar-refractivity contribution is 5.77. The maximum absolute atomic E-state index is 4.81. The first-order chi connectivity index (χ1) is 8.79. The molecule has 96 valence electrons. The van der Waals surface area contributed by atoms with Gasteiger partial charge in [0.05, 0.1) is 11.0 Å². The van der Waals surface area contributed by atoms with Crippen LogP contribution in [0.5, 0.6) is 0 Å². The van der Waals surface area contributed by atoms with Gasteiger partial charge in [0.1, 0.15) is 5.82 Å². The predicted molar refractivity (Wildman–Crippen MR) is 74.9 cm³/mol. The van der Waals surface area contributed by atoms with Crippen molar-refractivity contribution in [3.05, 3.63) is 29.6 Å². The van der Waals surface area contributed by atoms with E-state index in [4.69, 9.17) is 4.98 Å². The minimum Gasteiger partial charge on any atom is -0.331 e. The summed E-state index contributed by atoms with van der Waals surface area (Å²) in [6.07, 6.45) is 4.94. The minimum absolute atomic E-state index is 0.718. The number of aryl methyl sites for hydroxylation is 2. The Morgan fingerprint density at radius 2 is 2.22 bits per heavy atom. The molecular weight excluding hydrogens is 222 g/mol. The third kappa shape index (κ3) is 2.15. The Kier molecular flexibility index (Phi) is 3.08. The van der Waals surface area contributed by atoms with Crippen molar-refractivity contribution < 1.29 is 0 Å². The van der Waals surface area contributed by atoms with Gasteiger partial charge in [-0.1, -0.05) is 6.07 Å². The molecule has 0 amide bonds. The van der Waals surface area contributed by atoms with Crippen molar-refractivity contribution in [2.45, 2.75) is 31.6 Å². The molecule has 3 nitrogen and oxygen atoms in total. The summed E-state index contributed by atoms with van der Waals surface area (Å²) in [5, 5.41) is 3.19. The van der Waals surface area contributed by atoms with E-state index in [1.165, 1.54) is 41.7 Å². The number of hydrogen-bond acceptors (Lipinski definition) is 2. The van der Waals surface area contributed by atoms with Crippen molar-refractivity contribution in [3.8, 4) is 0 Å². The number of aromatic nitrogens is 2. The first-order valence-corrected chi connectivity index (χ1v) is 6.89. The summed E-state index contributed by atoms with van der Waals surface area (Å²) >= 11 is 0. The van der Waals surface area contributed by atoms with Gasteiger partial charge in [-0.05, 0) is 57.0 Å². The van der Waals surface area contributed by atoms with Gasteiger partial charge >= 0.3 is 0 Å². The van der Waals surface area contributed by atoms with E-state index in [1.54, 1.807) is 0 Å². The molecule has 1 heterocycles. The van der Waals surface area contributed by atoms with Crippen LogP contribution in [0.1, 0.15) is 36.6 Å². The normalized spacial score (nSPS) is 15.4. The van der Waals surface area contributed by atoms with Crippen LogP contribution in [-0.4, -0.2) is 23.1 Å². The molecule has 1 aromatic carbocycles. The average Bonchev–Trinajstić information content (AvgIpc) is 3.16. The number of hydrogen-bond donors (Lipinski definition) is 1. The predicted octanol–water partition coefficient (Wildman–Crippen LogP) is 2.60. The maximum atomic E-state index is 4.81. The van der Waals surface area contributed by atoms with Crippen LogP contribution in [0.4, 0.5) is 0 Å². The number of nitrogens with one attached hydrogen (secondary N) is 1. The van der Waals surface area contributed by atoms with Gasteiger partial charge in [-0.25, -0.2) is 4.98 Å². The number of benzene rings is 1. The molecule has 1 aliphatic rings. The van der Waals surface area contributed by atoms with Crippen LogP contribution in [0, 0.1) is 0 Å². The Labute approximate surface area is 108 Å².